The van der Waals surface area contributed by atoms with Crippen LogP contribution in [-0.2, 0) is 4.74 Å². The number of carbonyl (C=O) groups is 1. The van der Waals surface area contributed by atoms with Gasteiger partial charge < -0.3 is 15.8 Å². The van der Waals surface area contributed by atoms with Crippen molar-refractivity contribution in [2.75, 3.05) is 12.3 Å². The second-order valence-corrected chi connectivity index (χ2v) is 5.79. The van der Waals surface area contributed by atoms with Gasteiger partial charge in [-0.15, -0.1) is 0 Å². The summed E-state index contributed by atoms with van der Waals surface area (Å²) in [6, 6.07) is 5.59. The molecule has 1 amide bonds. The fourth-order valence-corrected chi connectivity index (χ4v) is 2.52. The smallest absolute Gasteiger partial charge is 0.251 e. The monoisotopic (exact) mass is 262 g/mol. The highest BCUT2D eigenvalue weighted by molar-refractivity contribution is 5.97. The normalized spacial score (nSPS) is 21.9. The predicted molar refractivity (Wildman–Crippen MR) is 76.1 cm³/mol. The van der Waals surface area contributed by atoms with Crippen LogP contribution in [0.5, 0.6) is 0 Å². The van der Waals surface area contributed by atoms with E-state index < -0.39 is 0 Å². The van der Waals surface area contributed by atoms with E-state index in [0.29, 0.717) is 17.9 Å². The molecule has 1 unspecified atom stereocenters. The number of benzene rings is 1. The molecule has 0 radical (unpaired) electrons. The van der Waals surface area contributed by atoms with Gasteiger partial charge in [0.2, 0.25) is 0 Å². The highest BCUT2D eigenvalue weighted by Gasteiger charge is 2.30. The minimum absolute atomic E-state index is 0.0486. The molecule has 1 fully saturated rings. The summed E-state index contributed by atoms with van der Waals surface area (Å²) in [6.07, 6.45) is 1.69. The van der Waals surface area contributed by atoms with E-state index in [0.717, 1.165) is 18.4 Å². The molecule has 1 aliphatic heterocycles. The standard InChI is InChI=1S/C15H22N2O2/c1-10-12(5-4-6-13(10)16)14(18)17-11-7-8-19-15(2,3)9-11/h4-6,11H,7-9,16H2,1-3H3,(H,17,18). The Morgan fingerprint density at radius 2 is 2.21 bits per heavy atom. The molecule has 0 aliphatic carbocycles. The SMILES string of the molecule is Cc1c(N)cccc1C(=O)NC1CCOC(C)(C)C1. The van der Waals surface area contributed by atoms with Gasteiger partial charge in [0.25, 0.3) is 5.91 Å². The first-order valence-electron chi connectivity index (χ1n) is 6.69. The van der Waals surface area contributed by atoms with Gasteiger partial charge in [-0.3, -0.25) is 4.79 Å². The van der Waals surface area contributed by atoms with Crippen molar-refractivity contribution < 1.29 is 9.53 Å². The lowest BCUT2D eigenvalue weighted by atomic mass is 9.93. The summed E-state index contributed by atoms with van der Waals surface area (Å²) in [7, 11) is 0. The van der Waals surface area contributed by atoms with Crippen LogP contribution in [0.3, 0.4) is 0 Å². The third-order valence-corrected chi connectivity index (χ3v) is 3.65. The molecule has 0 aromatic heterocycles. The number of anilines is 1. The summed E-state index contributed by atoms with van der Waals surface area (Å²) in [5.74, 6) is -0.0486. The predicted octanol–water partition coefficient (Wildman–Crippen LogP) is 2.26. The van der Waals surface area contributed by atoms with E-state index in [1.807, 2.05) is 25.1 Å². The summed E-state index contributed by atoms with van der Waals surface area (Å²) in [6.45, 7) is 6.67. The van der Waals surface area contributed by atoms with Gasteiger partial charge in [0.1, 0.15) is 0 Å². The Hall–Kier alpha value is -1.55. The summed E-state index contributed by atoms with van der Waals surface area (Å²) in [5, 5.41) is 3.08. The number of carbonyl (C=O) groups excluding carboxylic acids is 1. The first-order valence-corrected chi connectivity index (χ1v) is 6.69. The van der Waals surface area contributed by atoms with Crippen molar-refractivity contribution in [1.29, 1.82) is 0 Å². The lowest BCUT2D eigenvalue weighted by molar-refractivity contribution is -0.0615. The van der Waals surface area contributed by atoms with E-state index in [2.05, 4.69) is 19.2 Å². The average molecular weight is 262 g/mol. The van der Waals surface area contributed by atoms with Crippen molar-refractivity contribution in [2.45, 2.75) is 45.3 Å². The number of nitrogen functional groups attached to an aromatic ring is 1. The van der Waals surface area contributed by atoms with Gasteiger partial charge in [0.05, 0.1) is 5.60 Å². The Morgan fingerprint density at radius 1 is 1.47 bits per heavy atom. The maximum absolute atomic E-state index is 12.3. The van der Waals surface area contributed by atoms with Crippen LogP contribution >= 0.6 is 0 Å². The molecule has 2 rings (SSSR count). The minimum Gasteiger partial charge on any atom is -0.398 e. The van der Waals surface area contributed by atoms with Crippen LogP contribution in [-0.4, -0.2) is 24.2 Å². The molecule has 1 aromatic rings. The fourth-order valence-electron chi connectivity index (χ4n) is 2.52. The van der Waals surface area contributed by atoms with E-state index in [9.17, 15) is 4.79 Å². The fraction of sp³-hybridized carbons (Fsp3) is 0.533. The molecule has 1 atom stereocenters. The van der Waals surface area contributed by atoms with Crippen LogP contribution in [0, 0.1) is 6.92 Å². The van der Waals surface area contributed by atoms with Gasteiger partial charge in [0.15, 0.2) is 0 Å². The van der Waals surface area contributed by atoms with Gasteiger partial charge in [-0.2, -0.15) is 0 Å². The van der Waals surface area contributed by atoms with E-state index >= 15 is 0 Å². The van der Waals surface area contributed by atoms with Crippen molar-refractivity contribution in [1.82, 2.24) is 5.32 Å². The first kappa shape index (κ1) is 13.9. The molecule has 19 heavy (non-hydrogen) atoms. The summed E-state index contributed by atoms with van der Waals surface area (Å²) in [5.41, 5.74) is 7.82. The maximum Gasteiger partial charge on any atom is 0.251 e. The Balaban J connectivity index is 2.07. The molecule has 104 valence electrons. The largest absolute Gasteiger partial charge is 0.398 e. The second-order valence-electron chi connectivity index (χ2n) is 5.79. The lowest BCUT2D eigenvalue weighted by Gasteiger charge is -2.35. The van der Waals surface area contributed by atoms with Crippen LogP contribution in [0.4, 0.5) is 5.69 Å². The van der Waals surface area contributed by atoms with E-state index in [1.165, 1.54) is 0 Å². The molecular formula is C15H22N2O2. The molecule has 4 heteroatoms. The van der Waals surface area contributed by atoms with Gasteiger partial charge in [-0.25, -0.2) is 0 Å². The highest BCUT2D eigenvalue weighted by atomic mass is 16.5. The molecule has 0 spiro atoms. The minimum atomic E-state index is -0.166. The third-order valence-electron chi connectivity index (χ3n) is 3.65. The highest BCUT2D eigenvalue weighted by Crippen LogP contribution is 2.24. The van der Waals surface area contributed by atoms with Crippen molar-refractivity contribution in [3.05, 3.63) is 29.3 Å². The van der Waals surface area contributed by atoms with Crippen LogP contribution in [0.1, 0.15) is 42.6 Å². The van der Waals surface area contributed by atoms with Gasteiger partial charge in [-0.05, 0) is 51.3 Å². The zero-order valence-corrected chi connectivity index (χ0v) is 11.8. The average Bonchev–Trinajstić information content (AvgIpc) is 2.31. The number of hydrogen-bond donors (Lipinski definition) is 2. The Labute approximate surface area is 114 Å². The van der Waals surface area contributed by atoms with Crippen molar-refractivity contribution in [3.63, 3.8) is 0 Å². The quantitative estimate of drug-likeness (QED) is 0.804. The Kier molecular flexibility index (Phi) is 3.80. The van der Waals surface area contributed by atoms with E-state index in [1.54, 1.807) is 0 Å². The molecule has 0 saturated carbocycles. The molecule has 4 nitrogen and oxygen atoms in total. The van der Waals surface area contributed by atoms with Crippen LogP contribution in [0.15, 0.2) is 18.2 Å². The molecule has 3 N–H and O–H groups in total. The third kappa shape index (κ3) is 3.26. The Bertz CT molecular complexity index is 483. The molecule has 1 aliphatic rings. The van der Waals surface area contributed by atoms with E-state index in [-0.39, 0.29) is 17.6 Å². The van der Waals surface area contributed by atoms with Gasteiger partial charge in [0, 0.05) is 23.9 Å². The van der Waals surface area contributed by atoms with Gasteiger partial charge in [-0.1, -0.05) is 6.07 Å². The number of amides is 1. The van der Waals surface area contributed by atoms with Crippen molar-refractivity contribution in [3.8, 4) is 0 Å². The Morgan fingerprint density at radius 3 is 2.89 bits per heavy atom. The lowest BCUT2D eigenvalue weighted by Crippen LogP contribution is -2.45. The molecule has 1 saturated heterocycles. The van der Waals surface area contributed by atoms with Crippen LogP contribution in [0.2, 0.25) is 0 Å². The molecule has 1 aromatic carbocycles. The molecular weight excluding hydrogens is 240 g/mol. The van der Waals surface area contributed by atoms with Crippen molar-refractivity contribution in [2.24, 2.45) is 0 Å². The zero-order valence-electron chi connectivity index (χ0n) is 11.8. The number of nitrogens with one attached hydrogen (secondary N) is 1. The van der Waals surface area contributed by atoms with Gasteiger partial charge >= 0.3 is 0 Å². The van der Waals surface area contributed by atoms with E-state index in [4.69, 9.17) is 10.5 Å². The number of nitrogens with two attached hydrogens (primary N) is 1. The number of rotatable bonds is 2. The van der Waals surface area contributed by atoms with Crippen LogP contribution < -0.4 is 11.1 Å². The topological polar surface area (TPSA) is 64.4 Å². The number of ether oxygens (including phenoxy) is 1. The van der Waals surface area contributed by atoms with Crippen LogP contribution in [0.25, 0.3) is 0 Å². The first-order chi connectivity index (χ1) is 8.89. The zero-order chi connectivity index (χ0) is 14.0. The summed E-state index contributed by atoms with van der Waals surface area (Å²) in [4.78, 5) is 12.3. The maximum atomic E-state index is 12.3. The summed E-state index contributed by atoms with van der Waals surface area (Å²) < 4.78 is 5.65. The molecule has 0 bridgehead atoms. The number of hydrogen-bond acceptors (Lipinski definition) is 3. The second kappa shape index (κ2) is 5.21. The summed E-state index contributed by atoms with van der Waals surface area (Å²) >= 11 is 0. The van der Waals surface area contributed by atoms with Crippen molar-refractivity contribution >= 4 is 11.6 Å². The molecule has 1 heterocycles.